The van der Waals surface area contributed by atoms with E-state index in [4.69, 9.17) is 42.6 Å². The molecular weight excluding hydrogens is 655 g/mol. The number of amides is 1. The van der Waals surface area contributed by atoms with Crippen LogP contribution in [0.25, 0.3) is 33.6 Å². The van der Waals surface area contributed by atoms with E-state index in [1.54, 1.807) is 13.3 Å². The van der Waals surface area contributed by atoms with Crippen LogP contribution in [0.5, 0.6) is 11.8 Å². The molecule has 0 radical (unpaired) electrons. The van der Waals surface area contributed by atoms with E-state index in [9.17, 15) is 14.7 Å². The van der Waals surface area contributed by atoms with Crippen LogP contribution in [0.15, 0.2) is 54.7 Å². The average Bonchev–Trinajstić information content (AvgIpc) is 3.74. The Bertz CT molecular complexity index is 1840. The quantitative estimate of drug-likeness (QED) is 0.175. The number of hydrogen-bond donors (Lipinski definition) is 3. The van der Waals surface area contributed by atoms with Gasteiger partial charge in [0.05, 0.1) is 47.8 Å². The number of ether oxygens (including phenoxy) is 2. The molecule has 2 aromatic carbocycles. The van der Waals surface area contributed by atoms with Crippen LogP contribution in [0, 0.1) is 5.92 Å². The van der Waals surface area contributed by atoms with Gasteiger partial charge in [0.15, 0.2) is 0 Å². The second-order valence-electron chi connectivity index (χ2n) is 11.9. The number of nitrogens with zero attached hydrogens (tertiary/aromatic N) is 4. The fraction of sp³-hybridized carbons (Fsp3) is 0.343. The van der Waals surface area contributed by atoms with E-state index in [1.165, 1.54) is 7.11 Å². The number of carboxylic acid groups (broad SMARTS) is 1. The Kier molecular flexibility index (Phi) is 10.4. The first kappa shape index (κ1) is 33.6. The summed E-state index contributed by atoms with van der Waals surface area (Å²) >= 11 is 14.1. The van der Waals surface area contributed by atoms with Crippen molar-refractivity contribution in [2.75, 3.05) is 33.9 Å². The third-order valence-electron chi connectivity index (χ3n) is 8.76. The molecule has 4 heterocycles. The number of aromatic nitrogens is 3. The fourth-order valence-corrected chi connectivity index (χ4v) is 6.86. The lowest BCUT2D eigenvalue weighted by molar-refractivity contribution is -0.141. The molecule has 0 saturated carbocycles. The van der Waals surface area contributed by atoms with E-state index >= 15 is 0 Å². The van der Waals surface area contributed by atoms with Gasteiger partial charge in [0.25, 0.3) is 0 Å². The number of halogens is 2. The van der Waals surface area contributed by atoms with Crippen molar-refractivity contribution < 1.29 is 24.2 Å². The zero-order valence-corrected chi connectivity index (χ0v) is 28.1. The van der Waals surface area contributed by atoms with Crippen molar-refractivity contribution in [1.82, 2.24) is 30.5 Å². The molecule has 2 aromatic heterocycles. The Morgan fingerprint density at radius 3 is 2.25 bits per heavy atom. The van der Waals surface area contributed by atoms with E-state index in [0.717, 1.165) is 28.7 Å². The van der Waals surface area contributed by atoms with Crippen molar-refractivity contribution >= 4 is 35.1 Å². The fourth-order valence-electron chi connectivity index (χ4n) is 6.21. The number of benzene rings is 2. The molecule has 0 bridgehead atoms. The predicted octanol–water partition coefficient (Wildman–Crippen LogP) is 5.47. The number of rotatable bonds is 12. The monoisotopic (exact) mass is 690 g/mol. The molecule has 6 rings (SSSR count). The minimum atomic E-state index is -0.781. The summed E-state index contributed by atoms with van der Waals surface area (Å²) in [7, 11) is 3.12. The molecule has 2 saturated heterocycles. The molecule has 11 nitrogen and oxygen atoms in total. The lowest BCUT2D eigenvalue weighted by Crippen LogP contribution is -2.35. The molecule has 1 amide bonds. The van der Waals surface area contributed by atoms with Crippen molar-refractivity contribution in [1.29, 1.82) is 0 Å². The SMILES string of the molecule is COc1nc(-c2cccc(-c3cccc(-c4cnc(CN5CCC(C(=O)O)C5)c(OC)n4)c3Cl)c2Cl)ccc1CNCC1CCC(=O)N1. The number of aliphatic carboxylic acids is 1. The molecule has 13 heteroatoms. The summed E-state index contributed by atoms with van der Waals surface area (Å²) in [6, 6.07) is 15.4. The van der Waals surface area contributed by atoms with Crippen LogP contribution in [0.1, 0.15) is 30.5 Å². The van der Waals surface area contributed by atoms with Gasteiger partial charge >= 0.3 is 5.97 Å². The number of carboxylic acids is 1. The second-order valence-corrected chi connectivity index (χ2v) is 12.7. The van der Waals surface area contributed by atoms with E-state index in [1.807, 2.05) is 53.4 Å². The number of nitrogens with one attached hydrogen (secondary N) is 2. The lowest BCUT2D eigenvalue weighted by Gasteiger charge is -2.17. The van der Waals surface area contributed by atoms with Gasteiger partial charge in [-0.3, -0.25) is 19.5 Å². The zero-order valence-electron chi connectivity index (χ0n) is 26.6. The standard InChI is InChI=1S/C35H36Cl2N6O5/c1-47-33-20(15-38-16-22-10-12-30(44)40-22)9-11-27(41-33)25-7-3-5-23(31(25)36)24-6-4-8-26(32(24)37)28-17-39-29(34(42-28)48-2)19-43-14-13-21(18-43)35(45)46/h3-9,11,17,21-22,38H,10,12-16,18-19H2,1-2H3,(H,40,44)(H,45,46). The van der Waals surface area contributed by atoms with E-state index in [2.05, 4.69) is 15.6 Å². The first-order chi connectivity index (χ1) is 23.2. The molecule has 4 aromatic rings. The van der Waals surface area contributed by atoms with E-state index < -0.39 is 5.97 Å². The summed E-state index contributed by atoms with van der Waals surface area (Å²) in [4.78, 5) is 39.1. The van der Waals surface area contributed by atoms with Gasteiger partial charge in [-0.15, -0.1) is 0 Å². The maximum absolute atomic E-state index is 11.5. The normalized spacial score (nSPS) is 17.8. The van der Waals surface area contributed by atoms with Crippen LogP contribution in [-0.4, -0.2) is 76.7 Å². The van der Waals surface area contributed by atoms with Crippen molar-refractivity contribution in [3.8, 4) is 45.4 Å². The van der Waals surface area contributed by atoms with Gasteiger partial charge in [-0.2, -0.15) is 0 Å². The zero-order chi connectivity index (χ0) is 33.8. The van der Waals surface area contributed by atoms with Gasteiger partial charge in [-0.1, -0.05) is 65.7 Å². The summed E-state index contributed by atoms with van der Waals surface area (Å²) in [5.74, 6) is -0.227. The summed E-state index contributed by atoms with van der Waals surface area (Å²) in [6.07, 6.45) is 3.65. The molecule has 2 aliphatic rings. The van der Waals surface area contributed by atoms with Gasteiger partial charge in [-0.25, -0.2) is 9.97 Å². The van der Waals surface area contributed by atoms with Crippen molar-refractivity contribution in [2.45, 2.75) is 38.4 Å². The van der Waals surface area contributed by atoms with Gasteiger partial charge in [-0.05, 0) is 25.5 Å². The topological polar surface area (TPSA) is 139 Å². The summed E-state index contributed by atoms with van der Waals surface area (Å²) in [5.41, 5.74) is 5.53. The lowest BCUT2D eigenvalue weighted by atomic mass is 9.98. The Labute approximate surface area is 288 Å². The van der Waals surface area contributed by atoms with Crippen LogP contribution in [-0.2, 0) is 22.7 Å². The van der Waals surface area contributed by atoms with Gasteiger partial charge in [0, 0.05) is 66.5 Å². The smallest absolute Gasteiger partial charge is 0.307 e. The third kappa shape index (κ3) is 7.24. The first-order valence-electron chi connectivity index (χ1n) is 15.7. The minimum absolute atomic E-state index is 0.0910. The summed E-state index contributed by atoms with van der Waals surface area (Å²) in [6.45, 7) is 2.77. The number of pyridine rings is 1. The van der Waals surface area contributed by atoms with Gasteiger partial charge < -0.3 is 25.2 Å². The molecule has 250 valence electrons. The minimum Gasteiger partial charge on any atom is -0.481 e. The Balaban J connectivity index is 1.23. The highest BCUT2D eigenvalue weighted by molar-refractivity contribution is 6.39. The number of methoxy groups -OCH3 is 2. The second kappa shape index (κ2) is 14.9. The van der Waals surface area contributed by atoms with Crippen LogP contribution < -0.4 is 20.1 Å². The molecule has 0 spiro atoms. The highest BCUT2D eigenvalue weighted by Crippen LogP contribution is 2.42. The van der Waals surface area contributed by atoms with Crippen LogP contribution in [0.4, 0.5) is 0 Å². The van der Waals surface area contributed by atoms with Gasteiger partial charge in [0.2, 0.25) is 17.7 Å². The molecule has 48 heavy (non-hydrogen) atoms. The highest BCUT2D eigenvalue weighted by atomic mass is 35.5. The van der Waals surface area contributed by atoms with Gasteiger partial charge in [0.1, 0.15) is 5.69 Å². The third-order valence-corrected chi connectivity index (χ3v) is 9.58. The average molecular weight is 692 g/mol. The number of hydrogen-bond acceptors (Lipinski definition) is 9. The predicted molar refractivity (Wildman–Crippen MR) is 183 cm³/mol. The number of carbonyl (C=O) groups is 2. The summed E-state index contributed by atoms with van der Waals surface area (Å²) < 4.78 is 11.2. The molecule has 2 aliphatic heterocycles. The molecule has 2 unspecified atom stereocenters. The first-order valence-corrected chi connectivity index (χ1v) is 16.5. The Morgan fingerprint density at radius 1 is 0.958 bits per heavy atom. The van der Waals surface area contributed by atoms with Crippen molar-refractivity contribution in [3.05, 3.63) is 76.0 Å². The molecular formula is C35H36Cl2N6O5. The molecule has 2 atom stereocenters. The van der Waals surface area contributed by atoms with Crippen molar-refractivity contribution in [3.63, 3.8) is 0 Å². The van der Waals surface area contributed by atoms with Crippen LogP contribution >= 0.6 is 23.2 Å². The van der Waals surface area contributed by atoms with Crippen LogP contribution in [0.3, 0.4) is 0 Å². The Morgan fingerprint density at radius 2 is 1.62 bits per heavy atom. The van der Waals surface area contributed by atoms with Crippen LogP contribution in [0.2, 0.25) is 10.0 Å². The maximum atomic E-state index is 11.5. The molecule has 3 N–H and O–H groups in total. The molecule has 2 fully saturated rings. The van der Waals surface area contributed by atoms with E-state index in [0.29, 0.717) is 90.0 Å². The Hall–Kier alpha value is -4.29. The molecule has 0 aliphatic carbocycles. The van der Waals surface area contributed by atoms with Crippen molar-refractivity contribution in [2.24, 2.45) is 5.92 Å². The highest BCUT2D eigenvalue weighted by Gasteiger charge is 2.29. The maximum Gasteiger partial charge on any atom is 0.307 e. The van der Waals surface area contributed by atoms with E-state index in [-0.39, 0.29) is 17.9 Å². The number of likely N-dealkylation sites (tertiary alicyclic amines) is 1. The largest absolute Gasteiger partial charge is 0.481 e. The number of carbonyl (C=O) groups excluding carboxylic acids is 1. The summed E-state index contributed by atoms with van der Waals surface area (Å²) in [5, 5.41) is 16.6.